The van der Waals surface area contributed by atoms with Crippen molar-refractivity contribution in [2.24, 2.45) is 0 Å². The highest BCUT2D eigenvalue weighted by atomic mass is 19.1. The number of hydrogen-bond acceptors (Lipinski definition) is 7. The van der Waals surface area contributed by atoms with Gasteiger partial charge in [-0.05, 0) is 39.7 Å². The number of carbonyl (C=O) groups excluding carboxylic acids is 1. The van der Waals surface area contributed by atoms with Crippen molar-refractivity contribution in [3.05, 3.63) is 41.5 Å². The van der Waals surface area contributed by atoms with Crippen molar-refractivity contribution in [1.29, 1.82) is 0 Å². The first-order chi connectivity index (χ1) is 14.7. The normalized spacial score (nSPS) is 19.0. The van der Waals surface area contributed by atoms with Crippen LogP contribution in [0, 0.1) is 5.82 Å². The number of ether oxygens (including phenoxy) is 3. The van der Waals surface area contributed by atoms with Crippen LogP contribution < -0.4 is 5.73 Å². The molecule has 1 aliphatic carbocycles. The van der Waals surface area contributed by atoms with Crippen molar-refractivity contribution < 1.29 is 23.4 Å². The van der Waals surface area contributed by atoms with Gasteiger partial charge in [0, 0.05) is 24.3 Å². The van der Waals surface area contributed by atoms with Crippen molar-refractivity contribution in [2.75, 3.05) is 18.9 Å². The van der Waals surface area contributed by atoms with Crippen LogP contribution in [0.3, 0.4) is 0 Å². The second kappa shape index (κ2) is 8.16. The molecule has 0 unspecified atom stereocenters. The molecule has 2 fully saturated rings. The van der Waals surface area contributed by atoms with Gasteiger partial charge in [-0.3, -0.25) is 0 Å². The van der Waals surface area contributed by atoms with E-state index >= 15 is 0 Å². The van der Waals surface area contributed by atoms with Crippen LogP contribution in [0.15, 0.2) is 24.4 Å². The standard InChI is InChI=1S/C23H28FN3O4/c1-22(2,3)31-21(28)18-15(5-4-6-16(18)24)19-20(25)26-13-17(27-19)14-7-9-23(10-8-14)29-11-12-30-23/h4-6,13-14H,7-12H2,1-3H3,(H2,25,26). The Morgan fingerprint density at radius 2 is 1.90 bits per heavy atom. The van der Waals surface area contributed by atoms with Crippen LogP contribution in [-0.2, 0) is 14.2 Å². The van der Waals surface area contributed by atoms with E-state index in [4.69, 9.17) is 24.9 Å². The monoisotopic (exact) mass is 429 g/mol. The van der Waals surface area contributed by atoms with Gasteiger partial charge in [-0.1, -0.05) is 12.1 Å². The first-order valence-electron chi connectivity index (χ1n) is 10.6. The minimum Gasteiger partial charge on any atom is -0.456 e. The number of anilines is 1. The fraction of sp³-hybridized carbons (Fsp3) is 0.522. The van der Waals surface area contributed by atoms with Gasteiger partial charge in [0.1, 0.15) is 28.5 Å². The summed E-state index contributed by atoms with van der Waals surface area (Å²) < 4.78 is 31.7. The van der Waals surface area contributed by atoms with E-state index in [9.17, 15) is 9.18 Å². The topological polar surface area (TPSA) is 96.6 Å². The zero-order valence-electron chi connectivity index (χ0n) is 18.1. The highest BCUT2D eigenvalue weighted by molar-refractivity contribution is 5.98. The number of esters is 1. The molecule has 31 heavy (non-hydrogen) atoms. The van der Waals surface area contributed by atoms with Crippen LogP contribution in [-0.4, -0.2) is 40.5 Å². The molecule has 8 heteroatoms. The van der Waals surface area contributed by atoms with Gasteiger partial charge in [-0.15, -0.1) is 0 Å². The zero-order chi connectivity index (χ0) is 22.2. The Morgan fingerprint density at radius 3 is 2.55 bits per heavy atom. The van der Waals surface area contributed by atoms with Crippen LogP contribution in [0.5, 0.6) is 0 Å². The number of nitrogens with zero attached hydrogens (tertiary/aromatic N) is 2. The van der Waals surface area contributed by atoms with Crippen LogP contribution in [0.2, 0.25) is 0 Å². The summed E-state index contributed by atoms with van der Waals surface area (Å²) in [4.78, 5) is 21.8. The molecule has 7 nitrogen and oxygen atoms in total. The van der Waals surface area contributed by atoms with Crippen LogP contribution in [0.4, 0.5) is 10.2 Å². The fourth-order valence-electron chi connectivity index (χ4n) is 4.20. The van der Waals surface area contributed by atoms with Gasteiger partial charge in [0.25, 0.3) is 0 Å². The molecular weight excluding hydrogens is 401 g/mol. The molecule has 166 valence electrons. The van der Waals surface area contributed by atoms with Gasteiger partial charge < -0.3 is 19.9 Å². The van der Waals surface area contributed by atoms with E-state index in [2.05, 4.69) is 4.98 Å². The summed E-state index contributed by atoms with van der Waals surface area (Å²) in [6.45, 7) is 6.45. The summed E-state index contributed by atoms with van der Waals surface area (Å²) in [5, 5.41) is 0. The molecule has 4 rings (SSSR count). The van der Waals surface area contributed by atoms with Gasteiger partial charge in [0.05, 0.1) is 25.1 Å². The zero-order valence-corrected chi connectivity index (χ0v) is 18.1. The van der Waals surface area contributed by atoms with Crippen molar-refractivity contribution in [1.82, 2.24) is 9.97 Å². The molecule has 2 aromatic rings. The lowest BCUT2D eigenvalue weighted by Crippen LogP contribution is -2.34. The van der Waals surface area contributed by atoms with E-state index in [0.717, 1.165) is 31.4 Å². The predicted octanol–water partition coefficient (Wildman–Crippen LogP) is 4.22. The maximum Gasteiger partial charge on any atom is 0.342 e. The van der Waals surface area contributed by atoms with Crippen LogP contribution in [0.1, 0.15) is 68.4 Å². The van der Waals surface area contributed by atoms with E-state index < -0.39 is 23.2 Å². The second-order valence-corrected chi connectivity index (χ2v) is 9.07. The summed E-state index contributed by atoms with van der Waals surface area (Å²) in [7, 11) is 0. The lowest BCUT2D eigenvalue weighted by atomic mass is 9.83. The second-order valence-electron chi connectivity index (χ2n) is 9.07. The Balaban J connectivity index is 1.65. The number of rotatable bonds is 3. The average molecular weight is 429 g/mol. The maximum absolute atomic E-state index is 14.7. The quantitative estimate of drug-likeness (QED) is 0.730. The molecule has 1 saturated carbocycles. The van der Waals surface area contributed by atoms with Gasteiger partial charge in [-0.25, -0.2) is 19.2 Å². The van der Waals surface area contributed by atoms with E-state index in [1.54, 1.807) is 33.0 Å². The van der Waals surface area contributed by atoms with Gasteiger partial charge in [0.15, 0.2) is 5.79 Å². The first-order valence-corrected chi connectivity index (χ1v) is 10.6. The van der Waals surface area contributed by atoms with Crippen LogP contribution in [0.25, 0.3) is 11.3 Å². The number of nitrogen functional groups attached to an aromatic ring is 1. The molecule has 1 aromatic carbocycles. The minimum absolute atomic E-state index is 0.133. The van der Waals surface area contributed by atoms with E-state index in [1.807, 2.05) is 0 Å². The number of benzene rings is 1. The molecule has 2 heterocycles. The SMILES string of the molecule is CC(C)(C)OC(=O)c1c(F)cccc1-c1nc(C2CCC3(CC2)OCCO3)cnc1N. The number of hydrogen-bond donors (Lipinski definition) is 1. The molecule has 2 N–H and O–H groups in total. The fourth-order valence-corrected chi connectivity index (χ4v) is 4.20. The third-order valence-corrected chi connectivity index (χ3v) is 5.67. The summed E-state index contributed by atoms with van der Waals surface area (Å²) in [6, 6.07) is 4.35. The molecule has 0 radical (unpaired) electrons. The largest absolute Gasteiger partial charge is 0.456 e. The molecule has 2 aliphatic rings. The summed E-state index contributed by atoms with van der Waals surface area (Å²) in [5.41, 5.74) is 6.47. The molecule has 0 atom stereocenters. The number of nitrogens with two attached hydrogens (primary N) is 1. The van der Waals surface area contributed by atoms with Crippen molar-refractivity contribution in [3.63, 3.8) is 0 Å². The summed E-state index contributed by atoms with van der Waals surface area (Å²) in [6.07, 6.45) is 4.88. The molecule has 0 bridgehead atoms. The number of carbonyl (C=O) groups is 1. The Bertz CT molecular complexity index is 973. The van der Waals surface area contributed by atoms with E-state index in [-0.39, 0.29) is 28.6 Å². The van der Waals surface area contributed by atoms with E-state index in [1.165, 1.54) is 12.1 Å². The third kappa shape index (κ3) is 4.55. The average Bonchev–Trinajstić information content (AvgIpc) is 3.15. The van der Waals surface area contributed by atoms with E-state index in [0.29, 0.717) is 13.2 Å². The lowest BCUT2D eigenvalue weighted by Gasteiger charge is -2.35. The number of aromatic nitrogens is 2. The highest BCUT2D eigenvalue weighted by Gasteiger charge is 2.41. The molecule has 0 amide bonds. The Hall–Kier alpha value is -2.58. The molecular formula is C23H28FN3O4. The highest BCUT2D eigenvalue weighted by Crippen LogP contribution is 2.42. The molecule has 1 aromatic heterocycles. The van der Waals surface area contributed by atoms with Crippen molar-refractivity contribution in [2.45, 2.75) is 63.8 Å². The summed E-state index contributed by atoms with van der Waals surface area (Å²) in [5.74, 6) is -1.62. The van der Waals surface area contributed by atoms with Crippen LogP contribution >= 0.6 is 0 Å². The summed E-state index contributed by atoms with van der Waals surface area (Å²) >= 11 is 0. The first kappa shape index (κ1) is 21.6. The maximum atomic E-state index is 14.7. The van der Waals surface area contributed by atoms with Crippen molar-refractivity contribution in [3.8, 4) is 11.3 Å². The lowest BCUT2D eigenvalue weighted by molar-refractivity contribution is -0.178. The van der Waals surface area contributed by atoms with Gasteiger partial charge in [0.2, 0.25) is 0 Å². The Labute approximate surface area is 181 Å². The van der Waals surface area contributed by atoms with Gasteiger partial charge >= 0.3 is 5.97 Å². The Kier molecular flexibility index (Phi) is 5.70. The third-order valence-electron chi connectivity index (χ3n) is 5.67. The molecule has 1 spiro atoms. The minimum atomic E-state index is -0.766. The molecule has 1 aliphatic heterocycles. The smallest absolute Gasteiger partial charge is 0.342 e. The van der Waals surface area contributed by atoms with Gasteiger partial charge in [-0.2, -0.15) is 0 Å². The number of halogens is 1. The van der Waals surface area contributed by atoms with Crippen molar-refractivity contribution >= 4 is 11.8 Å². The Morgan fingerprint density at radius 1 is 1.23 bits per heavy atom. The predicted molar refractivity (Wildman–Crippen MR) is 113 cm³/mol. The molecule has 1 saturated heterocycles.